The first-order chi connectivity index (χ1) is 43.7. The van der Waals surface area contributed by atoms with Crippen LogP contribution in [0.1, 0.15) is 0 Å². The molecular weight excluding hydrogens is 1070 g/mol. The van der Waals surface area contributed by atoms with Crippen LogP contribution in [0.5, 0.6) is 0 Å². The van der Waals surface area contributed by atoms with Gasteiger partial charge in [0.2, 0.25) is 0 Å². The van der Waals surface area contributed by atoms with E-state index in [2.05, 4.69) is 299 Å². The van der Waals surface area contributed by atoms with Gasteiger partial charge in [0.15, 0.2) is 17.5 Å². The van der Waals surface area contributed by atoms with Gasteiger partial charge >= 0.3 is 0 Å². The van der Waals surface area contributed by atoms with Crippen molar-refractivity contribution in [1.29, 1.82) is 0 Å². The van der Waals surface area contributed by atoms with Crippen molar-refractivity contribution in [2.75, 3.05) is 9.80 Å². The van der Waals surface area contributed by atoms with Gasteiger partial charge in [-0.3, -0.25) is 0 Å². The molecule has 0 N–H and O–H groups in total. The van der Waals surface area contributed by atoms with Crippen LogP contribution in [0.25, 0.3) is 106 Å². The van der Waals surface area contributed by atoms with Crippen LogP contribution in [0.2, 0.25) is 0 Å². The number of hydrogen-bond donors (Lipinski definition) is 0. The van der Waals surface area contributed by atoms with Crippen molar-refractivity contribution in [2.24, 2.45) is 0 Å². The summed E-state index contributed by atoms with van der Waals surface area (Å²) in [6, 6.07) is 116. The van der Waals surface area contributed by atoms with Gasteiger partial charge in [-0.15, -0.1) is 0 Å². The molecule has 15 aromatic rings. The minimum Gasteiger partial charge on any atom is -0.311 e. The van der Waals surface area contributed by atoms with Gasteiger partial charge in [-0.05, 0) is 129 Å². The molecule has 0 amide bonds. The number of anilines is 6. The van der Waals surface area contributed by atoms with E-state index < -0.39 is 0 Å². The number of aromatic nitrogens is 4. The van der Waals surface area contributed by atoms with Crippen molar-refractivity contribution < 1.29 is 0 Å². The van der Waals surface area contributed by atoms with Crippen molar-refractivity contribution in [1.82, 2.24) is 19.5 Å². The quantitative estimate of drug-likeness (QED) is 0.128. The molecule has 410 valence electrons. The number of hydrogen-bond acceptors (Lipinski definition) is 5. The highest BCUT2D eigenvalue weighted by Gasteiger charge is 2.44. The highest BCUT2D eigenvalue weighted by atomic mass is 15.2. The van der Waals surface area contributed by atoms with E-state index in [1.54, 1.807) is 0 Å². The molecule has 0 aliphatic carbocycles. The number of benzene rings is 13. The topological polar surface area (TPSA) is 50.1 Å². The summed E-state index contributed by atoms with van der Waals surface area (Å²) in [5.41, 5.74) is 25.6. The maximum absolute atomic E-state index is 5.40. The van der Waals surface area contributed by atoms with Crippen molar-refractivity contribution in [3.8, 4) is 84.4 Å². The summed E-state index contributed by atoms with van der Waals surface area (Å²) in [5, 5.41) is 2.32. The zero-order valence-corrected chi connectivity index (χ0v) is 47.9. The Balaban J connectivity index is 0.871. The normalized spacial score (nSPS) is 12.2. The summed E-state index contributed by atoms with van der Waals surface area (Å²) in [6.45, 7) is -0.00467. The van der Waals surface area contributed by atoms with Crippen LogP contribution in [-0.4, -0.2) is 26.2 Å². The van der Waals surface area contributed by atoms with E-state index in [1.165, 1.54) is 44.7 Å². The molecule has 7 heteroatoms. The lowest BCUT2D eigenvalue weighted by Gasteiger charge is -2.45. The van der Waals surface area contributed by atoms with Gasteiger partial charge in [-0.1, -0.05) is 243 Å². The maximum atomic E-state index is 5.40. The van der Waals surface area contributed by atoms with Crippen LogP contribution in [0.15, 0.2) is 322 Å². The first-order valence-corrected chi connectivity index (χ1v) is 30.0. The first kappa shape index (κ1) is 50.8. The molecule has 0 bridgehead atoms. The van der Waals surface area contributed by atoms with Crippen LogP contribution >= 0.6 is 0 Å². The van der Waals surface area contributed by atoms with Gasteiger partial charge < -0.3 is 14.4 Å². The molecule has 2 aliphatic rings. The van der Waals surface area contributed by atoms with Crippen molar-refractivity contribution in [2.45, 2.75) is 0 Å². The van der Waals surface area contributed by atoms with Crippen LogP contribution < -0.4 is 26.2 Å². The standard InChI is InChI=1S/C81H53BN6/c1-6-25-54(26-7-1)59-47-49-72-68(53-59)66-39-16-19-44-71(66)88(72)77-64(40-24-41-67(77)81-84-79(55-27-8-2-9-28-55)83-80(85-81)56-29-10-3-11-30-56)60-33-22-31-57(51-60)58-32-23-34-61(52-58)65-48-50-75-76-78(65)87(63-37-14-5-15-38-63)74-46-21-18-43-70(74)82(76)69-42-17-20-45-73(69)86(75)62-35-12-4-13-36-62/h1-53H. The molecule has 0 saturated carbocycles. The molecule has 17 rings (SSSR count). The van der Waals surface area contributed by atoms with Crippen molar-refractivity contribution in [3.63, 3.8) is 0 Å². The zero-order valence-electron chi connectivity index (χ0n) is 47.9. The zero-order chi connectivity index (χ0) is 58.1. The van der Waals surface area contributed by atoms with Gasteiger partial charge in [0, 0.05) is 67.0 Å². The van der Waals surface area contributed by atoms with Crippen LogP contribution in [0, 0.1) is 0 Å². The molecule has 4 heterocycles. The predicted molar refractivity (Wildman–Crippen MR) is 366 cm³/mol. The molecule has 2 aromatic heterocycles. The Hall–Kier alpha value is -11.7. The van der Waals surface area contributed by atoms with E-state index in [1.807, 2.05) is 36.4 Å². The minimum atomic E-state index is -0.00467. The summed E-state index contributed by atoms with van der Waals surface area (Å²) in [6.07, 6.45) is 0. The number of fused-ring (bicyclic) bond motifs is 7. The summed E-state index contributed by atoms with van der Waals surface area (Å²) in [5.74, 6) is 1.80. The second kappa shape index (κ2) is 21.1. The van der Waals surface area contributed by atoms with Gasteiger partial charge in [-0.25, -0.2) is 15.0 Å². The molecule has 13 aromatic carbocycles. The van der Waals surface area contributed by atoms with E-state index in [9.17, 15) is 0 Å². The molecule has 0 unspecified atom stereocenters. The third-order valence-corrected chi connectivity index (χ3v) is 17.6. The molecule has 0 radical (unpaired) electrons. The van der Waals surface area contributed by atoms with Crippen LogP contribution in [0.4, 0.5) is 34.1 Å². The molecule has 0 saturated heterocycles. The fraction of sp³-hybridized carbons (Fsp3) is 0. The van der Waals surface area contributed by atoms with E-state index in [0.717, 1.165) is 94.5 Å². The average molecular weight is 1120 g/mol. The summed E-state index contributed by atoms with van der Waals surface area (Å²) < 4.78 is 2.44. The lowest BCUT2D eigenvalue weighted by molar-refractivity contribution is 1.06. The second-order valence-electron chi connectivity index (χ2n) is 22.6. The Morgan fingerprint density at radius 3 is 1.32 bits per heavy atom. The minimum absolute atomic E-state index is 0.00467. The molecule has 0 spiro atoms. The maximum Gasteiger partial charge on any atom is 0.252 e. The Labute approximate surface area is 511 Å². The highest BCUT2D eigenvalue weighted by molar-refractivity contribution is 7.00. The highest BCUT2D eigenvalue weighted by Crippen LogP contribution is 2.49. The molecule has 0 fully saturated rings. The van der Waals surface area contributed by atoms with Crippen LogP contribution in [-0.2, 0) is 0 Å². The number of rotatable bonds is 10. The van der Waals surface area contributed by atoms with E-state index in [0.29, 0.717) is 17.5 Å². The molecule has 6 nitrogen and oxygen atoms in total. The van der Waals surface area contributed by atoms with Gasteiger partial charge in [0.25, 0.3) is 6.71 Å². The monoisotopic (exact) mass is 1120 g/mol. The number of nitrogens with zero attached hydrogens (tertiary/aromatic N) is 6. The number of para-hydroxylation sites is 6. The van der Waals surface area contributed by atoms with Crippen LogP contribution in [0.3, 0.4) is 0 Å². The first-order valence-electron chi connectivity index (χ1n) is 30.0. The Bertz CT molecular complexity index is 5100. The summed E-state index contributed by atoms with van der Waals surface area (Å²) in [7, 11) is 0. The third kappa shape index (κ3) is 8.46. The summed E-state index contributed by atoms with van der Waals surface area (Å²) in [4.78, 5) is 20.9. The van der Waals surface area contributed by atoms with Gasteiger partial charge in [0.1, 0.15) is 0 Å². The Morgan fingerprint density at radius 1 is 0.250 bits per heavy atom. The Kier molecular flexibility index (Phi) is 12.2. The third-order valence-electron chi connectivity index (χ3n) is 17.6. The summed E-state index contributed by atoms with van der Waals surface area (Å²) >= 11 is 0. The van der Waals surface area contributed by atoms with Gasteiger partial charge in [0.05, 0.1) is 22.4 Å². The van der Waals surface area contributed by atoms with Crippen molar-refractivity contribution in [3.05, 3.63) is 322 Å². The SMILES string of the molecule is c1ccc(-c2ccc3c(c2)c2ccccc2n3-c2c(-c3cccc(-c4cccc(-c5ccc6c7c5N(c5ccccc5)c5ccccc5B7c5ccccc5N6c5ccccc5)c4)c3)cccc2-c2nc(-c3ccccc3)nc(-c3ccccc3)n2)cc1. The lowest BCUT2D eigenvalue weighted by Crippen LogP contribution is -2.61. The second-order valence-corrected chi connectivity index (χ2v) is 22.6. The molecule has 0 atom stereocenters. The fourth-order valence-corrected chi connectivity index (χ4v) is 13.7. The van der Waals surface area contributed by atoms with E-state index >= 15 is 0 Å². The Morgan fingerprint density at radius 2 is 0.693 bits per heavy atom. The average Bonchev–Trinajstić information content (AvgIpc) is 2.13. The largest absolute Gasteiger partial charge is 0.311 e. The smallest absolute Gasteiger partial charge is 0.252 e. The van der Waals surface area contributed by atoms with E-state index in [-0.39, 0.29) is 6.71 Å². The molecule has 2 aliphatic heterocycles. The van der Waals surface area contributed by atoms with Gasteiger partial charge in [-0.2, -0.15) is 0 Å². The fourth-order valence-electron chi connectivity index (χ4n) is 13.7. The van der Waals surface area contributed by atoms with E-state index in [4.69, 9.17) is 15.0 Å². The molecular formula is C81H53BN6. The molecule has 88 heavy (non-hydrogen) atoms. The lowest BCUT2D eigenvalue weighted by atomic mass is 9.33. The predicted octanol–water partition coefficient (Wildman–Crippen LogP) is 18.7. The van der Waals surface area contributed by atoms with Crippen molar-refractivity contribution >= 4 is 79.0 Å².